The first-order valence-corrected chi connectivity index (χ1v) is 7.77. The van der Waals surface area contributed by atoms with E-state index >= 15 is 0 Å². The van der Waals surface area contributed by atoms with E-state index in [0.29, 0.717) is 23.6 Å². The van der Waals surface area contributed by atoms with Crippen molar-refractivity contribution in [2.24, 2.45) is 0 Å². The van der Waals surface area contributed by atoms with Gasteiger partial charge in [-0.3, -0.25) is 0 Å². The number of anilines is 1. The summed E-state index contributed by atoms with van der Waals surface area (Å²) >= 11 is 6.31. The Balaban J connectivity index is 1.83. The van der Waals surface area contributed by atoms with Crippen molar-refractivity contribution in [1.29, 1.82) is 5.26 Å². The summed E-state index contributed by atoms with van der Waals surface area (Å²) in [5.41, 5.74) is 3.03. The zero-order valence-corrected chi connectivity index (χ0v) is 13.8. The highest BCUT2D eigenvalue weighted by molar-refractivity contribution is 6.31. The topological polar surface area (TPSA) is 64.5 Å². The standard InChI is InChI=1S/C18H17ClN4/c1-18(2,13-7-3-4-8-14(13)19)11-21-17-22-15-9-5-6-12(10-20)16(15)23-17/h3-9H,11H2,1-2H3,(H2,21,22,23). The summed E-state index contributed by atoms with van der Waals surface area (Å²) in [6.07, 6.45) is 0. The molecule has 0 saturated heterocycles. The molecule has 0 atom stereocenters. The number of aromatic amines is 1. The lowest BCUT2D eigenvalue weighted by atomic mass is 9.84. The van der Waals surface area contributed by atoms with Gasteiger partial charge in [0, 0.05) is 17.0 Å². The van der Waals surface area contributed by atoms with Gasteiger partial charge in [-0.05, 0) is 23.8 Å². The Labute approximate surface area is 140 Å². The van der Waals surface area contributed by atoms with Crippen molar-refractivity contribution in [3.05, 3.63) is 58.6 Å². The number of hydrogen-bond donors (Lipinski definition) is 2. The van der Waals surface area contributed by atoms with Gasteiger partial charge in [0.1, 0.15) is 11.6 Å². The Hall–Kier alpha value is -2.51. The molecule has 2 N–H and O–H groups in total. The van der Waals surface area contributed by atoms with Gasteiger partial charge < -0.3 is 10.3 Å². The van der Waals surface area contributed by atoms with Crippen LogP contribution in [-0.2, 0) is 5.41 Å². The van der Waals surface area contributed by atoms with Gasteiger partial charge in [-0.1, -0.05) is 49.7 Å². The highest BCUT2D eigenvalue weighted by atomic mass is 35.5. The van der Waals surface area contributed by atoms with Crippen molar-refractivity contribution in [2.45, 2.75) is 19.3 Å². The molecule has 0 unspecified atom stereocenters. The zero-order chi connectivity index (χ0) is 16.4. The number of halogens is 1. The number of fused-ring (bicyclic) bond motifs is 1. The lowest BCUT2D eigenvalue weighted by Crippen LogP contribution is -2.28. The van der Waals surface area contributed by atoms with Crippen LogP contribution < -0.4 is 5.32 Å². The van der Waals surface area contributed by atoms with E-state index in [1.165, 1.54) is 0 Å². The second-order valence-electron chi connectivity index (χ2n) is 6.12. The summed E-state index contributed by atoms with van der Waals surface area (Å²) < 4.78 is 0. The van der Waals surface area contributed by atoms with E-state index in [9.17, 15) is 0 Å². The van der Waals surface area contributed by atoms with Gasteiger partial charge in [-0.25, -0.2) is 4.98 Å². The Morgan fingerprint density at radius 3 is 2.74 bits per heavy atom. The van der Waals surface area contributed by atoms with Gasteiger partial charge in [-0.15, -0.1) is 0 Å². The summed E-state index contributed by atoms with van der Waals surface area (Å²) in [4.78, 5) is 7.68. The van der Waals surface area contributed by atoms with Crippen LogP contribution in [0.1, 0.15) is 25.0 Å². The monoisotopic (exact) mass is 324 g/mol. The molecule has 0 saturated carbocycles. The number of nitrogens with one attached hydrogen (secondary N) is 2. The lowest BCUT2D eigenvalue weighted by Gasteiger charge is -2.26. The SMILES string of the molecule is CC(C)(CNc1nc2c(C#N)cccc2[nH]1)c1ccccc1Cl. The Morgan fingerprint density at radius 2 is 2.00 bits per heavy atom. The number of benzene rings is 2. The van der Waals surface area contributed by atoms with Crippen LogP contribution >= 0.6 is 11.6 Å². The van der Waals surface area contributed by atoms with Gasteiger partial charge >= 0.3 is 0 Å². The molecule has 0 amide bonds. The lowest BCUT2D eigenvalue weighted by molar-refractivity contribution is 0.556. The molecule has 4 nitrogen and oxygen atoms in total. The van der Waals surface area contributed by atoms with Crippen molar-refractivity contribution < 1.29 is 0 Å². The van der Waals surface area contributed by atoms with Crippen LogP contribution in [-0.4, -0.2) is 16.5 Å². The molecule has 0 radical (unpaired) electrons. The summed E-state index contributed by atoms with van der Waals surface area (Å²) in [5, 5.41) is 13.2. The molecule has 0 spiro atoms. The molecule has 1 aromatic heterocycles. The largest absolute Gasteiger partial charge is 0.355 e. The molecule has 116 valence electrons. The molecule has 2 aromatic carbocycles. The minimum Gasteiger partial charge on any atom is -0.355 e. The first-order valence-electron chi connectivity index (χ1n) is 7.39. The summed E-state index contributed by atoms with van der Waals surface area (Å²) in [7, 11) is 0. The maximum absolute atomic E-state index is 9.14. The van der Waals surface area contributed by atoms with E-state index < -0.39 is 0 Å². The smallest absolute Gasteiger partial charge is 0.201 e. The molecule has 0 fully saturated rings. The van der Waals surface area contributed by atoms with Crippen LogP contribution in [0, 0.1) is 11.3 Å². The Kier molecular flexibility index (Phi) is 3.97. The van der Waals surface area contributed by atoms with E-state index in [2.05, 4.69) is 35.2 Å². The van der Waals surface area contributed by atoms with E-state index in [1.54, 1.807) is 6.07 Å². The fourth-order valence-corrected chi connectivity index (χ4v) is 3.01. The molecule has 3 aromatic rings. The third kappa shape index (κ3) is 3.01. The third-order valence-electron chi connectivity index (χ3n) is 3.93. The number of para-hydroxylation sites is 1. The Bertz CT molecular complexity index is 889. The van der Waals surface area contributed by atoms with E-state index in [0.717, 1.165) is 16.1 Å². The predicted molar refractivity (Wildman–Crippen MR) is 93.8 cm³/mol. The van der Waals surface area contributed by atoms with Crippen molar-refractivity contribution in [3.8, 4) is 6.07 Å². The number of hydrogen-bond acceptors (Lipinski definition) is 3. The number of imidazole rings is 1. The quantitative estimate of drug-likeness (QED) is 0.743. The number of rotatable bonds is 4. The van der Waals surface area contributed by atoms with E-state index in [4.69, 9.17) is 16.9 Å². The van der Waals surface area contributed by atoms with Crippen LogP contribution in [0.2, 0.25) is 5.02 Å². The summed E-state index contributed by atoms with van der Waals surface area (Å²) in [5.74, 6) is 0.655. The normalized spacial score (nSPS) is 11.4. The van der Waals surface area contributed by atoms with Crippen LogP contribution in [0.3, 0.4) is 0 Å². The fourth-order valence-electron chi connectivity index (χ4n) is 2.62. The third-order valence-corrected chi connectivity index (χ3v) is 4.26. The minimum atomic E-state index is -0.157. The van der Waals surface area contributed by atoms with Gasteiger partial charge in [-0.2, -0.15) is 5.26 Å². The molecule has 23 heavy (non-hydrogen) atoms. The Morgan fingerprint density at radius 1 is 1.22 bits per heavy atom. The number of nitriles is 1. The molecule has 5 heteroatoms. The first kappa shape index (κ1) is 15.4. The van der Waals surface area contributed by atoms with Crippen molar-refractivity contribution in [3.63, 3.8) is 0 Å². The van der Waals surface area contributed by atoms with Crippen molar-refractivity contribution in [1.82, 2.24) is 9.97 Å². The average Bonchev–Trinajstić information content (AvgIpc) is 2.96. The van der Waals surface area contributed by atoms with Gasteiger partial charge in [0.05, 0.1) is 11.1 Å². The van der Waals surface area contributed by atoms with Crippen molar-refractivity contribution >= 4 is 28.6 Å². The van der Waals surface area contributed by atoms with Crippen LogP contribution in [0.4, 0.5) is 5.95 Å². The number of aromatic nitrogens is 2. The maximum atomic E-state index is 9.14. The van der Waals surface area contributed by atoms with Crippen LogP contribution in [0.25, 0.3) is 11.0 Å². The minimum absolute atomic E-state index is 0.157. The summed E-state index contributed by atoms with van der Waals surface area (Å²) in [6.45, 7) is 4.92. The molecular formula is C18H17ClN4. The van der Waals surface area contributed by atoms with Crippen molar-refractivity contribution in [2.75, 3.05) is 11.9 Å². The van der Waals surface area contributed by atoms with E-state index in [1.807, 2.05) is 36.4 Å². The van der Waals surface area contributed by atoms with Gasteiger partial charge in [0.15, 0.2) is 0 Å². The maximum Gasteiger partial charge on any atom is 0.201 e. The molecular weight excluding hydrogens is 308 g/mol. The summed E-state index contributed by atoms with van der Waals surface area (Å²) in [6, 6.07) is 15.5. The molecule has 3 rings (SSSR count). The molecule has 0 aliphatic carbocycles. The molecule has 0 aliphatic rings. The van der Waals surface area contributed by atoms with Crippen LogP contribution in [0.15, 0.2) is 42.5 Å². The predicted octanol–water partition coefficient (Wildman–Crippen LogP) is 4.48. The first-order chi connectivity index (χ1) is 11.0. The fraction of sp³-hybridized carbons (Fsp3) is 0.222. The molecule has 0 aliphatic heterocycles. The second kappa shape index (κ2) is 5.94. The highest BCUT2D eigenvalue weighted by Crippen LogP contribution is 2.30. The highest BCUT2D eigenvalue weighted by Gasteiger charge is 2.23. The number of H-pyrrole nitrogens is 1. The van der Waals surface area contributed by atoms with Gasteiger partial charge in [0.25, 0.3) is 0 Å². The zero-order valence-electron chi connectivity index (χ0n) is 13.0. The average molecular weight is 325 g/mol. The van der Waals surface area contributed by atoms with Gasteiger partial charge in [0.2, 0.25) is 5.95 Å². The molecule has 0 bridgehead atoms. The number of nitrogens with zero attached hydrogens (tertiary/aromatic N) is 2. The molecule has 1 heterocycles. The van der Waals surface area contributed by atoms with Crippen LogP contribution in [0.5, 0.6) is 0 Å². The second-order valence-corrected chi connectivity index (χ2v) is 6.52. The van der Waals surface area contributed by atoms with E-state index in [-0.39, 0.29) is 5.41 Å².